The molecule has 0 aliphatic carbocycles. The van der Waals surface area contributed by atoms with Gasteiger partial charge < -0.3 is 11.1 Å². The zero-order valence-electron chi connectivity index (χ0n) is 9.39. The molecule has 1 aromatic carbocycles. The number of rotatable bonds is 5. The van der Waals surface area contributed by atoms with E-state index in [0.717, 1.165) is 35.3 Å². The molecule has 2 nitrogen and oxygen atoms in total. The lowest BCUT2D eigenvalue weighted by atomic mass is 10.1. The van der Waals surface area contributed by atoms with Crippen LogP contribution < -0.4 is 11.1 Å². The summed E-state index contributed by atoms with van der Waals surface area (Å²) < 4.78 is 0. The third kappa shape index (κ3) is 4.43. The minimum absolute atomic E-state index is 0.718. The van der Waals surface area contributed by atoms with Gasteiger partial charge in [0.25, 0.3) is 0 Å². The van der Waals surface area contributed by atoms with E-state index >= 15 is 0 Å². The van der Waals surface area contributed by atoms with E-state index < -0.39 is 0 Å². The van der Waals surface area contributed by atoms with Crippen LogP contribution in [0.25, 0.3) is 0 Å². The molecule has 0 radical (unpaired) electrons. The first-order valence-corrected chi connectivity index (χ1v) is 5.76. The fourth-order valence-corrected chi connectivity index (χ4v) is 1.59. The Labute approximate surface area is 96.8 Å². The number of halogens is 1. The molecule has 0 amide bonds. The van der Waals surface area contributed by atoms with Crippen molar-refractivity contribution in [2.75, 3.05) is 17.6 Å². The number of nitrogens with two attached hydrogens (primary N) is 1. The summed E-state index contributed by atoms with van der Waals surface area (Å²) in [7, 11) is 0. The standard InChI is InChI=1S/C12H19ClN2/c1-9(2)4-3-7-15-12-8-10(13)5-6-11(12)14/h5-6,8-9,15H,3-4,7,14H2,1-2H3. The van der Waals surface area contributed by atoms with Crippen LogP contribution in [0.5, 0.6) is 0 Å². The van der Waals surface area contributed by atoms with Gasteiger partial charge in [0.1, 0.15) is 0 Å². The van der Waals surface area contributed by atoms with Gasteiger partial charge >= 0.3 is 0 Å². The SMILES string of the molecule is CC(C)CCCNc1cc(Cl)ccc1N. The number of benzene rings is 1. The highest BCUT2D eigenvalue weighted by Gasteiger charge is 1.99. The van der Waals surface area contributed by atoms with Crippen LogP contribution in [0.1, 0.15) is 26.7 Å². The van der Waals surface area contributed by atoms with Crippen molar-refractivity contribution >= 4 is 23.0 Å². The van der Waals surface area contributed by atoms with Gasteiger partial charge in [0.05, 0.1) is 11.4 Å². The molecule has 0 unspecified atom stereocenters. The molecule has 0 saturated carbocycles. The first-order chi connectivity index (χ1) is 7.09. The van der Waals surface area contributed by atoms with Crippen molar-refractivity contribution in [1.29, 1.82) is 0 Å². The smallest absolute Gasteiger partial charge is 0.0588 e. The molecule has 0 saturated heterocycles. The van der Waals surface area contributed by atoms with E-state index in [9.17, 15) is 0 Å². The van der Waals surface area contributed by atoms with Crippen molar-refractivity contribution < 1.29 is 0 Å². The summed E-state index contributed by atoms with van der Waals surface area (Å²) in [5, 5.41) is 4.02. The van der Waals surface area contributed by atoms with E-state index in [2.05, 4.69) is 19.2 Å². The van der Waals surface area contributed by atoms with Gasteiger partial charge in [0.15, 0.2) is 0 Å². The Morgan fingerprint density at radius 2 is 2.13 bits per heavy atom. The lowest BCUT2D eigenvalue weighted by molar-refractivity contribution is 0.567. The van der Waals surface area contributed by atoms with Gasteiger partial charge in [-0.1, -0.05) is 25.4 Å². The summed E-state index contributed by atoms with van der Waals surface area (Å²) in [6.07, 6.45) is 2.39. The Hall–Kier alpha value is -0.890. The second-order valence-corrected chi connectivity index (χ2v) is 4.63. The van der Waals surface area contributed by atoms with E-state index in [1.165, 1.54) is 6.42 Å². The first kappa shape index (κ1) is 12.2. The van der Waals surface area contributed by atoms with E-state index in [4.69, 9.17) is 17.3 Å². The largest absolute Gasteiger partial charge is 0.397 e. The highest BCUT2D eigenvalue weighted by atomic mass is 35.5. The molecule has 1 aromatic rings. The van der Waals surface area contributed by atoms with E-state index in [-0.39, 0.29) is 0 Å². The number of anilines is 2. The Morgan fingerprint density at radius 1 is 1.40 bits per heavy atom. The van der Waals surface area contributed by atoms with Crippen LogP contribution >= 0.6 is 11.6 Å². The summed E-state index contributed by atoms with van der Waals surface area (Å²) in [6, 6.07) is 5.50. The third-order valence-corrected chi connectivity index (χ3v) is 2.52. The molecule has 3 heteroatoms. The average molecular weight is 227 g/mol. The molecular weight excluding hydrogens is 208 g/mol. The second-order valence-electron chi connectivity index (χ2n) is 4.19. The zero-order chi connectivity index (χ0) is 11.3. The van der Waals surface area contributed by atoms with Gasteiger partial charge in [-0.15, -0.1) is 0 Å². The number of hydrogen-bond acceptors (Lipinski definition) is 2. The Morgan fingerprint density at radius 3 is 2.80 bits per heavy atom. The fourth-order valence-electron chi connectivity index (χ4n) is 1.41. The van der Waals surface area contributed by atoms with Crippen LogP contribution in [-0.4, -0.2) is 6.54 Å². The van der Waals surface area contributed by atoms with Crippen LogP contribution in [0, 0.1) is 5.92 Å². The molecule has 84 valence electrons. The minimum Gasteiger partial charge on any atom is -0.397 e. The van der Waals surface area contributed by atoms with Crippen molar-refractivity contribution in [2.45, 2.75) is 26.7 Å². The first-order valence-electron chi connectivity index (χ1n) is 5.38. The van der Waals surface area contributed by atoms with Gasteiger partial charge in [0.2, 0.25) is 0 Å². The number of nitrogen functional groups attached to an aromatic ring is 1. The maximum absolute atomic E-state index is 5.88. The molecule has 3 N–H and O–H groups in total. The minimum atomic E-state index is 0.718. The topological polar surface area (TPSA) is 38.0 Å². The Bertz CT molecular complexity index is 310. The predicted molar refractivity (Wildman–Crippen MR) is 68.4 cm³/mol. The highest BCUT2D eigenvalue weighted by Crippen LogP contribution is 2.22. The van der Waals surface area contributed by atoms with Crippen molar-refractivity contribution in [3.8, 4) is 0 Å². The fraction of sp³-hybridized carbons (Fsp3) is 0.500. The molecular formula is C12H19ClN2. The zero-order valence-corrected chi connectivity index (χ0v) is 10.1. The van der Waals surface area contributed by atoms with Crippen molar-refractivity contribution in [3.63, 3.8) is 0 Å². The van der Waals surface area contributed by atoms with Crippen LogP contribution in [0.3, 0.4) is 0 Å². The van der Waals surface area contributed by atoms with Gasteiger partial charge in [0, 0.05) is 11.6 Å². The van der Waals surface area contributed by atoms with Gasteiger partial charge in [-0.25, -0.2) is 0 Å². The summed E-state index contributed by atoms with van der Waals surface area (Å²) in [5.41, 5.74) is 7.50. The van der Waals surface area contributed by atoms with Crippen LogP contribution in [0.2, 0.25) is 5.02 Å². The summed E-state index contributed by atoms with van der Waals surface area (Å²) >= 11 is 5.88. The lowest BCUT2D eigenvalue weighted by Crippen LogP contribution is -2.05. The molecule has 15 heavy (non-hydrogen) atoms. The molecule has 0 heterocycles. The molecule has 0 bridgehead atoms. The van der Waals surface area contributed by atoms with E-state index in [1.54, 1.807) is 6.07 Å². The number of hydrogen-bond donors (Lipinski definition) is 2. The second kappa shape index (κ2) is 5.86. The summed E-state index contributed by atoms with van der Waals surface area (Å²) in [6.45, 7) is 5.41. The van der Waals surface area contributed by atoms with Crippen LogP contribution in [0.4, 0.5) is 11.4 Å². The van der Waals surface area contributed by atoms with Gasteiger partial charge in [-0.05, 0) is 37.0 Å². The summed E-state index contributed by atoms with van der Waals surface area (Å²) in [4.78, 5) is 0. The third-order valence-electron chi connectivity index (χ3n) is 2.29. The quantitative estimate of drug-likeness (QED) is 0.593. The normalized spacial score (nSPS) is 10.7. The monoisotopic (exact) mass is 226 g/mol. The highest BCUT2D eigenvalue weighted by molar-refractivity contribution is 6.31. The van der Waals surface area contributed by atoms with E-state index in [0.29, 0.717) is 0 Å². The molecule has 0 aliphatic rings. The molecule has 0 fully saturated rings. The maximum atomic E-state index is 5.88. The van der Waals surface area contributed by atoms with Crippen LogP contribution in [-0.2, 0) is 0 Å². The van der Waals surface area contributed by atoms with E-state index in [1.807, 2.05) is 12.1 Å². The Kier molecular flexibility index (Phi) is 4.76. The van der Waals surface area contributed by atoms with Crippen LogP contribution in [0.15, 0.2) is 18.2 Å². The lowest BCUT2D eigenvalue weighted by Gasteiger charge is -2.10. The molecule has 0 atom stereocenters. The average Bonchev–Trinajstić information content (AvgIpc) is 2.17. The predicted octanol–water partition coefficient (Wildman–Crippen LogP) is 3.77. The van der Waals surface area contributed by atoms with Crippen molar-refractivity contribution in [1.82, 2.24) is 0 Å². The van der Waals surface area contributed by atoms with Crippen molar-refractivity contribution in [3.05, 3.63) is 23.2 Å². The summed E-state index contributed by atoms with van der Waals surface area (Å²) in [5.74, 6) is 0.753. The Balaban J connectivity index is 2.40. The molecule has 0 spiro atoms. The molecule has 0 aromatic heterocycles. The number of nitrogens with one attached hydrogen (secondary N) is 1. The molecule has 1 rings (SSSR count). The molecule has 0 aliphatic heterocycles. The van der Waals surface area contributed by atoms with Gasteiger partial charge in [-0.2, -0.15) is 0 Å². The maximum Gasteiger partial charge on any atom is 0.0588 e. The van der Waals surface area contributed by atoms with Gasteiger partial charge in [-0.3, -0.25) is 0 Å². The van der Waals surface area contributed by atoms with Crippen molar-refractivity contribution in [2.24, 2.45) is 5.92 Å².